The van der Waals surface area contributed by atoms with E-state index in [1.807, 2.05) is 24.3 Å². The lowest BCUT2D eigenvalue weighted by molar-refractivity contribution is 0.298. The maximum atomic E-state index is 13.3. The normalized spacial score (nSPS) is 11.2. The van der Waals surface area contributed by atoms with Crippen molar-refractivity contribution in [3.8, 4) is 17.2 Å². The molecule has 0 bridgehead atoms. The van der Waals surface area contributed by atoms with Crippen molar-refractivity contribution in [3.05, 3.63) is 90.5 Å². The van der Waals surface area contributed by atoms with Gasteiger partial charge in [0.1, 0.15) is 17.2 Å². The summed E-state index contributed by atoms with van der Waals surface area (Å²) >= 11 is 0. The van der Waals surface area contributed by atoms with E-state index in [0.29, 0.717) is 23.2 Å². The van der Waals surface area contributed by atoms with Crippen LogP contribution < -0.4 is 13.6 Å². The van der Waals surface area contributed by atoms with Gasteiger partial charge in [0.2, 0.25) is 0 Å². The molecule has 0 saturated heterocycles. The monoisotopic (exact) mass is 382 g/mol. The fourth-order valence-electron chi connectivity index (χ4n) is 2.56. The Balaban J connectivity index is 1.81. The van der Waals surface area contributed by atoms with Gasteiger partial charge in [-0.2, -0.15) is 4.57 Å². The van der Waals surface area contributed by atoms with Gasteiger partial charge in [-0.05, 0) is 54.3 Å². The molecule has 5 heteroatoms. The van der Waals surface area contributed by atoms with Gasteiger partial charge in [0.05, 0.1) is 0 Å². The van der Waals surface area contributed by atoms with Gasteiger partial charge in [0.15, 0.2) is 0 Å². The second-order valence-corrected chi connectivity index (χ2v) is 8.03. The first-order valence-electron chi connectivity index (χ1n) is 8.90. The van der Waals surface area contributed by atoms with E-state index in [-0.39, 0.29) is 0 Å². The van der Waals surface area contributed by atoms with E-state index in [9.17, 15) is 4.57 Å². The predicted molar refractivity (Wildman–Crippen MR) is 107 cm³/mol. The molecule has 0 amide bonds. The molecular weight excluding hydrogens is 359 g/mol. The lowest BCUT2D eigenvalue weighted by atomic mass is 10.0. The first-order chi connectivity index (χ1) is 13.0. The van der Waals surface area contributed by atoms with Crippen molar-refractivity contribution in [2.24, 2.45) is 5.92 Å². The summed E-state index contributed by atoms with van der Waals surface area (Å²) < 4.78 is 30.2. The van der Waals surface area contributed by atoms with Gasteiger partial charge in [-0.1, -0.05) is 62.4 Å². The van der Waals surface area contributed by atoms with E-state index in [0.717, 1.165) is 6.42 Å². The van der Waals surface area contributed by atoms with E-state index >= 15 is 0 Å². The van der Waals surface area contributed by atoms with Crippen LogP contribution in [0, 0.1) is 5.92 Å². The third kappa shape index (κ3) is 5.90. The molecule has 0 spiro atoms. The molecule has 0 N–H and O–H groups in total. The van der Waals surface area contributed by atoms with Crippen LogP contribution in [-0.2, 0) is 11.0 Å². The summed E-state index contributed by atoms with van der Waals surface area (Å²) in [4.78, 5) is 0. The fourth-order valence-corrected chi connectivity index (χ4v) is 3.82. The van der Waals surface area contributed by atoms with Crippen molar-refractivity contribution in [1.29, 1.82) is 0 Å². The molecule has 3 rings (SSSR count). The third-order valence-corrected chi connectivity index (χ3v) is 5.01. The molecule has 0 aliphatic rings. The summed E-state index contributed by atoms with van der Waals surface area (Å²) in [6.45, 7) is 4.33. The minimum atomic E-state index is -3.93. The molecule has 3 aromatic carbocycles. The minimum absolute atomic E-state index is 0.410. The Labute approximate surface area is 160 Å². The average Bonchev–Trinajstić information content (AvgIpc) is 2.64. The summed E-state index contributed by atoms with van der Waals surface area (Å²) in [5, 5.41) is 0. The smallest absolute Gasteiger partial charge is 0.386 e. The zero-order chi connectivity index (χ0) is 19.1. The van der Waals surface area contributed by atoms with Crippen LogP contribution in [0.4, 0.5) is 0 Å². The summed E-state index contributed by atoms with van der Waals surface area (Å²) in [6.07, 6.45) is 0.971. The second kappa shape index (κ2) is 8.79. The van der Waals surface area contributed by atoms with Crippen LogP contribution in [0.25, 0.3) is 0 Å². The third-order valence-electron chi connectivity index (χ3n) is 3.71. The fraction of sp³-hybridized carbons (Fsp3) is 0.182. The first-order valence-corrected chi connectivity index (χ1v) is 10.4. The summed E-state index contributed by atoms with van der Waals surface area (Å²) in [5.41, 5.74) is 1.19. The van der Waals surface area contributed by atoms with Crippen LogP contribution in [0.15, 0.2) is 84.9 Å². The molecule has 0 aliphatic carbocycles. The van der Waals surface area contributed by atoms with Gasteiger partial charge in [-0.25, -0.2) is 0 Å². The van der Waals surface area contributed by atoms with Crippen molar-refractivity contribution < 1.29 is 18.1 Å². The van der Waals surface area contributed by atoms with Crippen molar-refractivity contribution in [3.63, 3.8) is 0 Å². The molecule has 0 unspecified atom stereocenters. The second-order valence-electron chi connectivity index (χ2n) is 6.59. The van der Waals surface area contributed by atoms with E-state index in [2.05, 4.69) is 13.8 Å². The van der Waals surface area contributed by atoms with Crippen molar-refractivity contribution in [1.82, 2.24) is 0 Å². The van der Waals surface area contributed by atoms with Gasteiger partial charge < -0.3 is 13.6 Å². The van der Waals surface area contributed by atoms with Gasteiger partial charge >= 0.3 is 7.82 Å². The Morgan fingerprint density at radius 1 is 0.667 bits per heavy atom. The summed E-state index contributed by atoms with van der Waals surface area (Å²) in [5.74, 6) is 1.81. The zero-order valence-corrected chi connectivity index (χ0v) is 16.3. The molecule has 27 heavy (non-hydrogen) atoms. The number of benzene rings is 3. The molecular formula is C22H23O4P. The number of hydrogen-bond donors (Lipinski definition) is 0. The van der Waals surface area contributed by atoms with Crippen LogP contribution in [-0.4, -0.2) is 0 Å². The largest absolute Gasteiger partial charge is 0.647 e. The summed E-state index contributed by atoms with van der Waals surface area (Å²) in [7, 11) is -3.93. The van der Waals surface area contributed by atoms with Gasteiger partial charge in [-0.3, -0.25) is 0 Å². The average molecular weight is 382 g/mol. The maximum absolute atomic E-state index is 13.3. The Hall–Kier alpha value is -2.71. The predicted octanol–water partition coefficient (Wildman–Crippen LogP) is 6.53. The SMILES string of the molecule is CC(C)Cc1ccc(OP(=O)(Oc2ccccc2)Oc2ccccc2)cc1. The number of phosphoric ester groups is 1. The molecule has 0 heterocycles. The van der Waals surface area contributed by atoms with Gasteiger partial charge in [0, 0.05) is 0 Å². The minimum Gasteiger partial charge on any atom is -0.386 e. The Bertz CT molecular complexity index is 832. The molecule has 0 radical (unpaired) electrons. The highest BCUT2D eigenvalue weighted by Crippen LogP contribution is 2.49. The number of hydrogen-bond acceptors (Lipinski definition) is 4. The van der Waals surface area contributed by atoms with Crippen LogP contribution in [0.1, 0.15) is 19.4 Å². The highest BCUT2D eigenvalue weighted by molar-refractivity contribution is 7.49. The lowest BCUT2D eigenvalue weighted by Gasteiger charge is -2.19. The van der Waals surface area contributed by atoms with E-state index in [4.69, 9.17) is 13.6 Å². The van der Waals surface area contributed by atoms with E-state index in [1.54, 1.807) is 60.7 Å². The molecule has 140 valence electrons. The number of para-hydroxylation sites is 2. The standard InChI is InChI=1S/C22H23O4P/c1-18(2)17-19-13-15-22(16-14-19)26-27(23,24-20-9-5-3-6-10-20)25-21-11-7-4-8-12-21/h3-16,18H,17H2,1-2H3. The lowest BCUT2D eigenvalue weighted by Crippen LogP contribution is -2.07. The topological polar surface area (TPSA) is 44.8 Å². The molecule has 0 saturated carbocycles. The van der Waals surface area contributed by atoms with E-state index in [1.165, 1.54) is 5.56 Å². The van der Waals surface area contributed by atoms with Crippen LogP contribution in [0.3, 0.4) is 0 Å². The van der Waals surface area contributed by atoms with Crippen LogP contribution >= 0.6 is 7.82 Å². The highest BCUT2D eigenvalue weighted by Gasteiger charge is 2.33. The molecule has 0 aliphatic heterocycles. The molecule has 0 atom stereocenters. The molecule has 0 aromatic heterocycles. The number of rotatable bonds is 8. The Morgan fingerprint density at radius 3 is 1.48 bits per heavy atom. The first kappa shape index (κ1) is 19.1. The number of phosphoric acid groups is 1. The Kier molecular flexibility index (Phi) is 6.20. The molecule has 4 nitrogen and oxygen atoms in total. The van der Waals surface area contributed by atoms with E-state index < -0.39 is 7.82 Å². The highest BCUT2D eigenvalue weighted by atomic mass is 31.2. The zero-order valence-electron chi connectivity index (χ0n) is 15.4. The van der Waals surface area contributed by atoms with Gasteiger partial charge in [0.25, 0.3) is 0 Å². The van der Waals surface area contributed by atoms with Crippen molar-refractivity contribution in [2.75, 3.05) is 0 Å². The molecule has 3 aromatic rings. The maximum Gasteiger partial charge on any atom is 0.647 e. The van der Waals surface area contributed by atoms with Crippen LogP contribution in [0.5, 0.6) is 17.2 Å². The Morgan fingerprint density at radius 2 is 1.07 bits per heavy atom. The van der Waals surface area contributed by atoms with Crippen LogP contribution in [0.2, 0.25) is 0 Å². The van der Waals surface area contributed by atoms with Crippen molar-refractivity contribution in [2.45, 2.75) is 20.3 Å². The van der Waals surface area contributed by atoms with Gasteiger partial charge in [-0.15, -0.1) is 0 Å². The quantitative estimate of drug-likeness (QED) is 0.416. The molecule has 0 fully saturated rings. The summed E-state index contributed by atoms with van der Waals surface area (Å²) in [6, 6.07) is 25.2. The van der Waals surface area contributed by atoms with Crippen molar-refractivity contribution >= 4 is 7.82 Å².